The van der Waals surface area contributed by atoms with Gasteiger partial charge in [0, 0.05) is 24.3 Å². The average Bonchev–Trinajstić information content (AvgIpc) is 3.12. The van der Waals surface area contributed by atoms with E-state index in [1.54, 1.807) is 0 Å². The standard InChI is InChI=1S/C20H25N3O/c1-3-15(2)22-19-12-11-17(14-21-19)18-10-7-13-23(18)20(24)16-8-5-4-6-9-16/h4-6,8-9,11-12,14-15,18H,3,7,10,13H2,1-2H3,(H,21,22). The van der Waals surface area contributed by atoms with Crippen molar-refractivity contribution in [2.75, 3.05) is 11.9 Å². The predicted molar refractivity (Wildman–Crippen MR) is 97.1 cm³/mol. The number of benzene rings is 1. The molecule has 1 N–H and O–H groups in total. The highest BCUT2D eigenvalue weighted by Crippen LogP contribution is 2.33. The molecule has 0 saturated carbocycles. The van der Waals surface area contributed by atoms with Gasteiger partial charge in [0.25, 0.3) is 5.91 Å². The van der Waals surface area contributed by atoms with Crippen LogP contribution < -0.4 is 5.32 Å². The van der Waals surface area contributed by atoms with E-state index in [9.17, 15) is 4.79 Å². The lowest BCUT2D eigenvalue weighted by Crippen LogP contribution is -2.30. The van der Waals surface area contributed by atoms with Gasteiger partial charge in [-0.25, -0.2) is 4.98 Å². The number of carbonyl (C=O) groups excluding carboxylic acids is 1. The molecule has 0 aliphatic carbocycles. The molecular weight excluding hydrogens is 298 g/mol. The maximum atomic E-state index is 12.8. The monoisotopic (exact) mass is 323 g/mol. The van der Waals surface area contributed by atoms with Crippen molar-refractivity contribution in [2.45, 2.75) is 45.2 Å². The second-order valence-electron chi connectivity index (χ2n) is 6.45. The Labute approximate surface area is 143 Å². The number of carbonyl (C=O) groups is 1. The lowest BCUT2D eigenvalue weighted by molar-refractivity contribution is 0.0735. The van der Waals surface area contributed by atoms with E-state index >= 15 is 0 Å². The van der Waals surface area contributed by atoms with Crippen LogP contribution >= 0.6 is 0 Å². The zero-order chi connectivity index (χ0) is 16.9. The van der Waals surface area contributed by atoms with Crippen molar-refractivity contribution in [2.24, 2.45) is 0 Å². The fourth-order valence-electron chi connectivity index (χ4n) is 3.15. The van der Waals surface area contributed by atoms with Gasteiger partial charge in [0.1, 0.15) is 5.82 Å². The molecule has 0 radical (unpaired) electrons. The molecule has 4 heteroatoms. The topological polar surface area (TPSA) is 45.2 Å². The summed E-state index contributed by atoms with van der Waals surface area (Å²) in [5, 5.41) is 3.38. The number of nitrogens with zero attached hydrogens (tertiary/aromatic N) is 2. The van der Waals surface area contributed by atoms with Gasteiger partial charge >= 0.3 is 0 Å². The number of hydrogen-bond donors (Lipinski definition) is 1. The normalized spacial score (nSPS) is 18.4. The van der Waals surface area contributed by atoms with Crippen molar-refractivity contribution >= 4 is 11.7 Å². The Morgan fingerprint density at radius 1 is 1.29 bits per heavy atom. The van der Waals surface area contributed by atoms with Gasteiger partial charge in [0.15, 0.2) is 0 Å². The highest BCUT2D eigenvalue weighted by atomic mass is 16.2. The van der Waals surface area contributed by atoms with Gasteiger partial charge in [-0.15, -0.1) is 0 Å². The molecule has 2 heterocycles. The van der Waals surface area contributed by atoms with Crippen molar-refractivity contribution in [3.8, 4) is 0 Å². The molecule has 2 atom stereocenters. The van der Waals surface area contributed by atoms with Crippen LogP contribution in [0.1, 0.15) is 55.1 Å². The van der Waals surface area contributed by atoms with Crippen LogP contribution in [0.4, 0.5) is 5.82 Å². The quantitative estimate of drug-likeness (QED) is 0.894. The maximum absolute atomic E-state index is 12.8. The van der Waals surface area contributed by atoms with Crippen LogP contribution in [0.25, 0.3) is 0 Å². The highest BCUT2D eigenvalue weighted by Gasteiger charge is 2.30. The second kappa shape index (κ2) is 7.47. The Balaban J connectivity index is 1.74. The fraction of sp³-hybridized carbons (Fsp3) is 0.400. The van der Waals surface area contributed by atoms with Crippen LogP contribution in [0.5, 0.6) is 0 Å². The first kappa shape index (κ1) is 16.5. The molecule has 2 aromatic rings. The first-order valence-electron chi connectivity index (χ1n) is 8.77. The molecule has 0 spiro atoms. The number of hydrogen-bond acceptors (Lipinski definition) is 3. The van der Waals surface area contributed by atoms with Crippen LogP contribution in [0.2, 0.25) is 0 Å². The zero-order valence-electron chi connectivity index (χ0n) is 14.4. The van der Waals surface area contributed by atoms with Gasteiger partial charge < -0.3 is 10.2 Å². The first-order chi connectivity index (χ1) is 11.7. The smallest absolute Gasteiger partial charge is 0.254 e. The molecule has 2 unspecified atom stereocenters. The van der Waals surface area contributed by atoms with Crippen molar-refractivity contribution in [1.29, 1.82) is 0 Å². The van der Waals surface area contributed by atoms with Crippen molar-refractivity contribution < 1.29 is 4.79 Å². The summed E-state index contributed by atoms with van der Waals surface area (Å²) in [6, 6.07) is 14.2. The summed E-state index contributed by atoms with van der Waals surface area (Å²) in [5.41, 5.74) is 1.87. The van der Waals surface area contributed by atoms with Gasteiger partial charge in [-0.05, 0) is 49.9 Å². The molecule has 24 heavy (non-hydrogen) atoms. The summed E-state index contributed by atoms with van der Waals surface area (Å²) in [6.45, 7) is 5.11. The number of aromatic nitrogens is 1. The van der Waals surface area contributed by atoms with Crippen LogP contribution in [0.15, 0.2) is 48.7 Å². The molecule has 1 aliphatic heterocycles. The average molecular weight is 323 g/mol. The Kier molecular flexibility index (Phi) is 5.14. The molecule has 1 aromatic heterocycles. The van der Waals surface area contributed by atoms with E-state index in [-0.39, 0.29) is 11.9 Å². The summed E-state index contributed by atoms with van der Waals surface area (Å²) in [5.74, 6) is 1.01. The van der Waals surface area contributed by atoms with Crippen LogP contribution in [0.3, 0.4) is 0 Å². The summed E-state index contributed by atoms with van der Waals surface area (Å²) in [7, 11) is 0. The molecule has 1 saturated heterocycles. The zero-order valence-corrected chi connectivity index (χ0v) is 14.4. The summed E-state index contributed by atoms with van der Waals surface area (Å²) in [6.07, 6.45) is 5.01. The van der Waals surface area contributed by atoms with Gasteiger partial charge in [-0.2, -0.15) is 0 Å². The minimum atomic E-state index is 0.111. The van der Waals surface area contributed by atoms with Crippen LogP contribution in [0, 0.1) is 0 Å². The summed E-state index contributed by atoms with van der Waals surface area (Å²) >= 11 is 0. The molecule has 1 amide bonds. The largest absolute Gasteiger partial charge is 0.368 e. The minimum absolute atomic E-state index is 0.111. The summed E-state index contributed by atoms with van der Waals surface area (Å²) < 4.78 is 0. The number of amides is 1. The van der Waals surface area contributed by atoms with Crippen LogP contribution in [-0.2, 0) is 0 Å². The van der Waals surface area contributed by atoms with Crippen molar-refractivity contribution in [3.05, 3.63) is 59.8 Å². The van der Waals surface area contributed by atoms with Crippen molar-refractivity contribution in [3.63, 3.8) is 0 Å². The number of nitrogens with one attached hydrogen (secondary N) is 1. The molecule has 0 bridgehead atoms. The summed E-state index contributed by atoms with van der Waals surface area (Å²) in [4.78, 5) is 19.3. The lowest BCUT2D eigenvalue weighted by Gasteiger charge is -2.25. The number of pyridine rings is 1. The lowest BCUT2D eigenvalue weighted by atomic mass is 10.1. The molecule has 1 aromatic carbocycles. The Hall–Kier alpha value is -2.36. The number of rotatable bonds is 5. The molecule has 1 aliphatic rings. The van der Waals surface area contributed by atoms with Crippen LogP contribution in [-0.4, -0.2) is 28.4 Å². The number of anilines is 1. The van der Waals surface area contributed by atoms with Gasteiger partial charge in [-0.1, -0.05) is 31.2 Å². The van der Waals surface area contributed by atoms with Gasteiger partial charge in [0.05, 0.1) is 6.04 Å². The molecule has 1 fully saturated rings. The van der Waals surface area contributed by atoms with E-state index < -0.39 is 0 Å². The van der Waals surface area contributed by atoms with Gasteiger partial charge in [0.2, 0.25) is 0 Å². The SMILES string of the molecule is CCC(C)Nc1ccc(C2CCCN2C(=O)c2ccccc2)cn1. The Morgan fingerprint density at radius 2 is 2.08 bits per heavy atom. The molecule has 4 nitrogen and oxygen atoms in total. The third-order valence-electron chi connectivity index (χ3n) is 4.71. The third-order valence-corrected chi connectivity index (χ3v) is 4.71. The minimum Gasteiger partial charge on any atom is -0.368 e. The molecular formula is C20H25N3O. The number of likely N-dealkylation sites (tertiary alicyclic amines) is 1. The van der Waals surface area contributed by atoms with Gasteiger partial charge in [-0.3, -0.25) is 4.79 Å². The van der Waals surface area contributed by atoms with Crippen molar-refractivity contribution in [1.82, 2.24) is 9.88 Å². The van der Waals surface area contributed by atoms with E-state index in [0.29, 0.717) is 6.04 Å². The van der Waals surface area contributed by atoms with E-state index in [1.807, 2.05) is 47.5 Å². The predicted octanol–water partition coefficient (Wildman–Crippen LogP) is 4.27. The fourth-order valence-corrected chi connectivity index (χ4v) is 3.15. The second-order valence-corrected chi connectivity index (χ2v) is 6.45. The first-order valence-corrected chi connectivity index (χ1v) is 8.77. The maximum Gasteiger partial charge on any atom is 0.254 e. The molecule has 3 rings (SSSR count). The van der Waals surface area contributed by atoms with E-state index in [0.717, 1.165) is 42.8 Å². The Morgan fingerprint density at radius 3 is 2.75 bits per heavy atom. The highest BCUT2D eigenvalue weighted by molar-refractivity contribution is 5.94. The van der Waals surface area contributed by atoms with E-state index in [1.165, 1.54) is 0 Å². The third kappa shape index (κ3) is 3.58. The molecule has 126 valence electrons. The van der Waals surface area contributed by atoms with E-state index in [2.05, 4.69) is 30.2 Å². The van der Waals surface area contributed by atoms with E-state index in [4.69, 9.17) is 0 Å². The Bertz CT molecular complexity index is 669.